The van der Waals surface area contributed by atoms with Crippen molar-refractivity contribution in [2.45, 2.75) is 53.5 Å². The molecule has 1 aromatic heterocycles. The molecule has 1 heterocycles. The van der Waals surface area contributed by atoms with Gasteiger partial charge >= 0.3 is 0 Å². The van der Waals surface area contributed by atoms with Crippen LogP contribution >= 0.6 is 11.6 Å². The van der Waals surface area contributed by atoms with E-state index in [1.54, 1.807) is 10.7 Å². The second-order valence-electron chi connectivity index (χ2n) is 6.39. The van der Waals surface area contributed by atoms with Gasteiger partial charge in [-0.2, -0.15) is 5.10 Å². The lowest BCUT2D eigenvalue weighted by molar-refractivity contribution is -0.116. The number of halogens is 1. The van der Waals surface area contributed by atoms with Crippen molar-refractivity contribution < 1.29 is 9.90 Å². The molecule has 6 heteroatoms. The number of aryl methyl sites for hydroxylation is 3. The Kier molecular flexibility index (Phi) is 5.54. The molecule has 1 aromatic carbocycles. The van der Waals surface area contributed by atoms with Crippen LogP contribution in [0.1, 0.15) is 48.7 Å². The van der Waals surface area contributed by atoms with E-state index in [9.17, 15) is 9.90 Å². The van der Waals surface area contributed by atoms with Crippen LogP contribution in [0.15, 0.2) is 12.1 Å². The van der Waals surface area contributed by atoms with E-state index in [1.165, 1.54) is 0 Å². The van der Waals surface area contributed by atoms with Crippen LogP contribution < -0.4 is 5.32 Å². The lowest BCUT2D eigenvalue weighted by atomic mass is 9.99. The number of phenols is 1. The Bertz CT molecular complexity index is 766. The van der Waals surface area contributed by atoms with Crippen molar-refractivity contribution in [3.05, 3.63) is 39.7 Å². The van der Waals surface area contributed by atoms with Gasteiger partial charge in [0.05, 0.1) is 23.0 Å². The van der Waals surface area contributed by atoms with Crippen LogP contribution in [0.25, 0.3) is 0 Å². The third kappa shape index (κ3) is 3.90. The van der Waals surface area contributed by atoms with Crippen LogP contribution in [0.4, 0.5) is 5.69 Å². The fourth-order valence-electron chi connectivity index (χ4n) is 2.62. The van der Waals surface area contributed by atoms with E-state index in [1.807, 2.05) is 40.7 Å². The Morgan fingerprint density at radius 1 is 1.33 bits per heavy atom. The van der Waals surface area contributed by atoms with Gasteiger partial charge in [-0.1, -0.05) is 25.4 Å². The van der Waals surface area contributed by atoms with E-state index < -0.39 is 0 Å². The van der Waals surface area contributed by atoms with Crippen molar-refractivity contribution in [1.82, 2.24) is 9.78 Å². The van der Waals surface area contributed by atoms with E-state index >= 15 is 0 Å². The van der Waals surface area contributed by atoms with Gasteiger partial charge in [0.1, 0.15) is 5.75 Å². The minimum atomic E-state index is -0.0952. The van der Waals surface area contributed by atoms with Gasteiger partial charge in [-0.05, 0) is 49.9 Å². The molecule has 130 valence electrons. The predicted molar refractivity (Wildman–Crippen MR) is 96.9 cm³/mol. The fraction of sp³-hybridized carbons (Fsp3) is 0.444. The van der Waals surface area contributed by atoms with Gasteiger partial charge in [0, 0.05) is 12.1 Å². The number of hydrogen-bond acceptors (Lipinski definition) is 3. The van der Waals surface area contributed by atoms with Crippen molar-refractivity contribution in [1.29, 1.82) is 0 Å². The number of aromatic nitrogens is 2. The maximum atomic E-state index is 12.3. The summed E-state index contributed by atoms with van der Waals surface area (Å²) in [6.07, 6.45) is 0.301. The maximum absolute atomic E-state index is 12.3. The molecule has 2 aromatic rings. The standard InChI is InChI=1S/C18H24ClN3O2/c1-10(2)14-9-15(11(3)8-16(14)23)20-17(24)6-7-22-13(5)18(19)12(4)21-22/h8-10,23H,6-7H2,1-5H3,(H,20,24). The fourth-order valence-corrected chi connectivity index (χ4v) is 2.75. The normalized spacial score (nSPS) is 11.1. The monoisotopic (exact) mass is 349 g/mol. The molecule has 0 bridgehead atoms. The first-order valence-electron chi connectivity index (χ1n) is 8.03. The minimum Gasteiger partial charge on any atom is -0.508 e. The Balaban J connectivity index is 2.07. The van der Waals surface area contributed by atoms with Crippen molar-refractivity contribution in [3.63, 3.8) is 0 Å². The van der Waals surface area contributed by atoms with Gasteiger partial charge < -0.3 is 10.4 Å². The molecule has 0 saturated carbocycles. The Morgan fingerprint density at radius 2 is 2.00 bits per heavy atom. The quantitative estimate of drug-likeness (QED) is 0.790. The summed E-state index contributed by atoms with van der Waals surface area (Å²) in [6.45, 7) is 10.1. The highest BCUT2D eigenvalue weighted by atomic mass is 35.5. The topological polar surface area (TPSA) is 67.2 Å². The SMILES string of the molecule is Cc1cc(O)c(C(C)C)cc1NC(=O)CCn1nc(C)c(Cl)c1C. The molecule has 2 N–H and O–H groups in total. The highest BCUT2D eigenvalue weighted by molar-refractivity contribution is 6.31. The average Bonchev–Trinajstić information content (AvgIpc) is 2.74. The first-order valence-corrected chi connectivity index (χ1v) is 8.41. The lowest BCUT2D eigenvalue weighted by Crippen LogP contribution is -2.16. The van der Waals surface area contributed by atoms with Gasteiger partial charge in [-0.3, -0.25) is 9.48 Å². The smallest absolute Gasteiger partial charge is 0.226 e. The van der Waals surface area contributed by atoms with E-state index in [-0.39, 0.29) is 17.6 Å². The molecule has 2 rings (SSSR count). The van der Waals surface area contributed by atoms with Gasteiger partial charge in [0.2, 0.25) is 5.91 Å². The van der Waals surface area contributed by atoms with Crippen LogP contribution in [-0.4, -0.2) is 20.8 Å². The van der Waals surface area contributed by atoms with Crippen LogP contribution in [0.3, 0.4) is 0 Å². The third-order valence-corrected chi connectivity index (χ3v) is 4.66. The van der Waals surface area contributed by atoms with Gasteiger partial charge in [0.25, 0.3) is 0 Å². The van der Waals surface area contributed by atoms with E-state index in [2.05, 4.69) is 10.4 Å². The van der Waals surface area contributed by atoms with Crippen molar-refractivity contribution in [2.24, 2.45) is 0 Å². The summed E-state index contributed by atoms with van der Waals surface area (Å²) in [5.74, 6) is 0.345. The molecule has 0 aliphatic carbocycles. The van der Waals surface area contributed by atoms with Crippen LogP contribution in [0, 0.1) is 20.8 Å². The Morgan fingerprint density at radius 3 is 2.54 bits per heavy atom. The zero-order chi connectivity index (χ0) is 18.0. The molecular weight excluding hydrogens is 326 g/mol. The number of aromatic hydroxyl groups is 1. The number of hydrogen-bond donors (Lipinski definition) is 2. The summed E-state index contributed by atoms with van der Waals surface area (Å²) in [5.41, 5.74) is 4.02. The van der Waals surface area contributed by atoms with E-state index in [4.69, 9.17) is 11.6 Å². The molecule has 0 aliphatic heterocycles. The molecule has 5 nitrogen and oxygen atoms in total. The number of carbonyl (C=O) groups is 1. The van der Waals surface area contributed by atoms with Crippen molar-refractivity contribution in [3.8, 4) is 5.75 Å². The second kappa shape index (κ2) is 7.26. The molecule has 0 unspecified atom stereocenters. The number of phenolic OH excluding ortho intramolecular Hbond substituents is 1. The number of amides is 1. The zero-order valence-corrected chi connectivity index (χ0v) is 15.5. The largest absolute Gasteiger partial charge is 0.508 e. The first kappa shape index (κ1) is 18.3. The molecule has 0 aliphatic rings. The molecule has 0 saturated heterocycles. The van der Waals surface area contributed by atoms with Crippen LogP contribution in [-0.2, 0) is 11.3 Å². The summed E-state index contributed by atoms with van der Waals surface area (Å²) >= 11 is 6.12. The first-order chi connectivity index (χ1) is 11.2. The second-order valence-corrected chi connectivity index (χ2v) is 6.76. The minimum absolute atomic E-state index is 0.0952. The molecule has 1 amide bonds. The zero-order valence-electron chi connectivity index (χ0n) is 14.8. The number of carbonyl (C=O) groups excluding carboxylic acids is 1. The number of benzene rings is 1. The lowest BCUT2D eigenvalue weighted by Gasteiger charge is -2.14. The van der Waals surface area contributed by atoms with Crippen molar-refractivity contribution in [2.75, 3.05) is 5.32 Å². The number of nitrogens with one attached hydrogen (secondary N) is 1. The Labute approximate surface area is 147 Å². The van der Waals surface area contributed by atoms with Crippen LogP contribution in [0.5, 0.6) is 5.75 Å². The van der Waals surface area contributed by atoms with Crippen LogP contribution in [0.2, 0.25) is 5.02 Å². The molecule has 0 atom stereocenters. The summed E-state index contributed by atoms with van der Waals surface area (Å²) < 4.78 is 1.75. The Hall–Kier alpha value is -2.01. The van der Waals surface area contributed by atoms with Crippen molar-refractivity contribution >= 4 is 23.2 Å². The maximum Gasteiger partial charge on any atom is 0.226 e. The highest BCUT2D eigenvalue weighted by Crippen LogP contribution is 2.31. The van der Waals surface area contributed by atoms with Gasteiger partial charge in [0.15, 0.2) is 0 Å². The molecule has 0 spiro atoms. The van der Waals surface area contributed by atoms with E-state index in [0.29, 0.717) is 18.0 Å². The molecule has 0 radical (unpaired) electrons. The summed E-state index contributed by atoms with van der Waals surface area (Å²) in [7, 11) is 0. The van der Waals surface area contributed by atoms with Gasteiger partial charge in [-0.25, -0.2) is 0 Å². The molecular formula is C18H24ClN3O2. The summed E-state index contributed by atoms with van der Waals surface area (Å²) in [5, 5.41) is 17.9. The van der Waals surface area contributed by atoms with E-state index in [0.717, 1.165) is 28.2 Å². The number of anilines is 1. The molecule has 24 heavy (non-hydrogen) atoms. The number of nitrogens with zero attached hydrogens (tertiary/aromatic N) is 2. The average molecular weight is 350 g/mol. The summed E-state index contributed by atoms with van der Waals surface area (Å²) in [6, 6.07) is 3.53. The summed E-state index contributed by atoms with van der Waals surface area (Å²) in [4.78, 5) is 12.3. The van der Waals surface area contributed by atoms with Gasteiger partial charge in [-0.15, -0.1) is 0 Å². The highest BCUT2D eigenvalue weighted by Gasteiger charge is 2.13. The predicted octanol–water partition coefficient (Wildman–Crippen LogP) is 4.32. The third-order valence-electron chi connectivity index (χ3n) is 4.11. The molecule has 0 fully saturated rings. The number of rotatable bonds is 5.